The Labute approximate surface area is 74.1 Å². The van der Waals surface area contributed by atoms with Gasteiger partial charge in [0.1, 0.15) is 0 Å². The molecular formula is C11H15N. The summed E-state index contributed by atoms with van der Waals surface area (Å²) in [5, 5.41) is 3.22. The average Bonchev–Trinajstić information content (AvgIpc) is 2.14. The highest BCUT2D eigenvalue weighted by Gasteiger charge is 1.85. The quantitative estimate of drug-likeness (QED) is 0.716. The molecular weight excluding hydrogens is 146 g/mol. The van der Waals surface area contributed by atoms with Crippen molar-refractivity contribution in [3.63, 3.8) is 0 Å². The number of hydrogen-bond donors (Lipinski definition) is 1. The predicted octanol–water partition coefficient (Wildman–Crippen LogP) is 2.70. The predicted molar refractivity (Wildman–Crippen MR) is 52.7 cm³/mol. The van der Waals surface area contributed by atoms with Gasteiger partial charge >= 0.3 is 0 Å². The number of nitrogens with one attached hydrogen (secondary N) is 1. The van der Waals surface area contributed by atoms with Gasteiger partial charge in [0.25, 0.3) is 0 Å². The fraction of sp³-hybridized carbons (Fsp3) is 0.273. The van der Waals surface area contributed by atoms with Crippen LogP contribution in [0.15, 0.2) is 42.6 Å². The van der Waals surface area contributed by atoms with Crippen molar-refractivity contribution in [1.82, 2.24) is 5.32 Å². The van der Waals surface area contributed by atoms with Crippen LogP contribution in [0.3, 0.4) is 0 Å². The maximum Gasteiger partial charge on any atom is 0.0395 e. The molecule has 0 radical (unpaired) electrons. The molecule has 0 aliphatic rings. The SMILES string of the molecule is CCC=CNCc1ccccc1. The Hall–Kier alpha value is -1.24. The van der Waals surface area contributed by atoms with E-state index in [-0.39, 0.29) is 0 Å². The molecule has 0 aliphatic carbocycles. The second kappa shape index (κ2) is 5.42. The van der Waals surface area contributed by atoms with Crippen LogP contribution in [-0.4, -0.2) is 0 Å². The molecule has 0 fully saturated rings. The van der Waals surface area contributed by atoms with E-state index in [0.29, 0.717) is 0 Å². The minimum absolute atomic E-state index is 0.914. The van der Waals surface area contributed by atoms with Crippen LogP contribution >= 0.6 is 0 Å². The monoisotopic (exact) mass is 161 g/mol. The molecule has 0 spiro atoms. The van der Waals surface area contributed by atoms with Gasteiger partial charge < -0.3 is 5.32 Å². The maximum absolute atomic E-state index is 3.22. The summed E-state index contributed by atoms with van der Waals surface area (Å²) >= 11 is 0. The average molecular weight is 161 g/mol. The first kappa shape index (κ1) is 8.85. The molecule has 1 rings (SSSR count). The van der Waals surface area contributed by atoms with Crippen LogP contribution in [0.4, 0.5) is 0 Å². The molecule has 1 heteroatoms. The van der Waals surface area contributed by atoms with Gasteiger partial charge in [0.15, 0.2) is 0 Å². The van der Waals surface area contributed by atoms with Crippen molar-refractivity contribution in [1.29, 1.82) is 0 Å². The standard InChI is InChI=1S/C11H15N/c1-2-3-9-12-10-11-7-5-4-6-8-11/h3-9,12H,2,10H2,1H3. The van der Waals surface area contributed by atoms with E-state index in [2.05, 4.69) is 42.6 Å². The highest BCUT2D eigenvalue weighted by Crippen LogP contribution is 1.96. The van der Waals surface area contributed by atoms with E-state index < -0.39 is 0 Å². The molecule has 1 aromatic rings. The van der Waals surface area contributed by atoms with Gasteiger partial charge in [-0.05, 0) is 18.2 Å². The van der Waals surface area contributed by atoms with Gasteiger partial charge in [0.05, 0.1) is 0 Å². The Bertz CT molecular complexity index is 226. The zero-order valence-corrected chi connectivity index (χ0v) is 7.46. The Morgan fingerprint density at radius 3 is 2.67 bits per heavy atom. The molecule has 0 saturated heterocycles. The van der Waals surface area contributed by atoms with Crippen molar-refractivity contribution in [2.45, 2.75) is 19.9 Å². The van der Waals surface area contributed by atoms with E-state index in [1.165, 1.54) is 5.56 Å². The van der Waals surface area contributed by atoms with Gasteiger partial charge in [-0.25, -0.2) is 0 Å². The molecule has 12 heavy (non-hydrogen) atoms. The summed E-state index contributed by atoms with van der Waals surface area (Å²) in [6.45, 7) is 3.04. The topological polar surface area (TPSA) is 12.0 Å². The van der Waals surface area contributed by atoms with Crippen LogP contribution in [0.2, 0.25) is 0 Å². The van der Waals surface area contributed by atoms with Crippen molar-refractivity contribution >= 4 is 0 Å². The van der Waals surface area contributed by atoms with Crippen molar-refractivity contribution in [3.8, 4) is 0 Å². The van der Waals surface area contributed by atoms with E-state index in [0.717, 1.165) is 13.0 Å². The van der Waals surface area contributed by atoms with Crippen molar-refractivity contribution < 1.29 is 0 Å². The smallest absolute Gasteiger partial charge is 0.0395 e. The third kappa shape index (κ3) is 3.24. The van der Waals surface area contributed by atoms with E-state index in [1.54, 1.807) is 0 Å². The molecule has 1 aromatic carbocycles. The lowest BCUT2D eigenvalue weighted by molar-refractivity contribution is 0.864. The Morgan fingerprint density at radius 2 is 2.00 bits per heavy atom. The highest BCUT2D eigenvalue weighted by molar-refractivity contribution is 5.14. The molecule has 0 heterocycles. The van der Waals surface area contributed by atoms with Crippen molar-refractivity contribution in [3.05, 3.63) is 48.2 Å². The van der Waals surface area contributed by atoms with Crippen LogP contribution in [0.25, 0.3) is 0 Å². The van der Waals surface area contributed by atoms with Crippen molar-refractivity contribution in [2.75, 3.05) is 0 Å². The molecule has 0 saturated carbocycles. The number of hydrogen-bond acceptors (Lipinski definition) is 1. The summed E-state index contributed by atoms with van der Waals surface area (Å²) < 4.78 is 0. The fourth-order valence-corrected chi connectivity index (χ4v) is 0.974. The van der Waals surface area contributed by atoms with Crippen molar-refractivity contribution in [2.24, 2.45) is 0 Å². The zero-order chi connectivity index (χ0) is 8.65. The van der Waals surface area contributed by atoms with Gasteiger partial charge in [-0.2, -0.15) is 0 Å². The minimum Gasteiger partial charge on any atom is -0.387 e. The van der Waals surface area contributed by atoms with Crippen LogP contribution in [0.5, 0.6) is 0 Å². The van der Waals surface area contributed by atoms with E-state index in [4.69, 9.17) is 0 Å². The van der Waals surface area contributed by atoms with Gasteiger partial charge in [-0.1, -0.05) is 43.3 Å². The van der Waals surface area contributed by atoms with Gasteiger partial charge in [-0.3, -0.25) is 0 Å². The molecule has 0 amide bonds. The van der Waals surface area contributed by atoms with Crippen LogP contribution < -0.4 is 5.32 Å². The van der Waals surface area contributed by atoms with Gasteiger partial charge in [0.2, 0.25) is 0 Å². The van der Waals surface area contributed by atoms with E-state index in [1.807, 2.05) is 12.3 Å². The third-order valence-electron chi connectivity index (χ3n) is 1.62. The first-order valence-electron chi connectivity index (χ1n) is 4.36. The Morgan fingerprint density at radius 1 is 1.25 bits per heavy atom. The maximum atomic E-state index is 3.22. The highest BCUT2D eigenvalue weighted by atomic mass is 14.8. The summed E-state index contributed by atoms with van der Waals surface area (Å²) in [5.41, 5.74) is 1.32. The molecule has 1 nitrogen and oxygen atoms in total. The first-order valence-corrected chi connectivity index (χ1v) is 4.36. The molecule has 0 aromatic heterocycles. The lowest BCUT2D eigenvalue weighted by Gasteiger charge is -1.99. The Balaban J connectivity index is 2.29. The third-order valence-corrected chi connectivity index (χ3v) is 1.62. The second-order valence-electron chi connectivity index (χ2n) is 2.68. The second-order valence-corrected chi connectivity index (χ2v) is 2.68. The molecule has 0 aliphatic heterocycles. The summed E-state index contributed by atoms with van der Waals surface area (Å²) in [4.78, 5) is 0. The minimum atomic E-state index is 0.914. The van der Waals surface area contributed by atoms with Crippen LogP contribution in [-0.2, 0) is 6.54 Å². The number of rotatable bonds is 4. The van der Waals surface area contributed by atoms with Crippen LogP contribution in [0.1, 0.15) is 18.9 Å². The largest absolute Gasteiger partial charge is 0.387 e. The lowest BCUT2D eigenvalue weighted by Crippen LogP contribution is -2.03. The summed E-state index contributed by atoms with van der Waals surface area (Å²) in [7, 11) is 0. The van der Waals surface area contributed by atoms with E-state index >= 15 is 0 Å². The zero-order valence-electron chi connectivity index (χ0n) is 7.46. The summed E-state index contributed by atoms with van der Waals surface area (Å²) in [6, 6.07) is 10.4. The summed E-state index contributed by atoms with van der Waals surface area (Å²) in [6.07, 6.45) is 5.21. The molecule has 0 atom stereocenters. The number of allylic oxidation sites excluding steroid dienone is 1. The summed E-state index contributed by atoms with van der Waals surface area (Å²) in [5.74, 6) is 0. The van der Waals surface area contributed by atoms with Gasteiger partial charge in [-0.15, -0.1) is 0 Å². The normalized spacial score (nSPS) is 10.4. The molecule has 64 valence electrons. The van der Waals surface area contributed by atoms with E-state index in [9.17, 15) is 0 Å². The van der Waals surface area contributed by atoms with Gasteiger partial charge in [0, 0.05) is 6.54 Å². The molecule has 0 bridgehead atoms. The lowest BCUT2D eigenvalue weighted by atomic mass is 10.2. The van der Waals surface area contributed by atoms with Crippen LogP contribution in [0, 0.1) is 0 Å². The molecule has 1 N–H and O–H groups in total. The molecule has 0 unspecified atom stereocenters. The Kier molecular flexibility index (Phi) is 4.00. The fourth-order valence-electron chi connectivity index (χ4n) is 0.974. The number of benzene rings is 1. The first-order chi connectivity index (χ1) is 5.93.